The monoisotopic (exact) mass is 699 g/mol. The molecule has 0 unspecified atom stereocenters. The van der Waals surface area contributed by atoms with Crippen molar-refractivity contribution in [3.8, 4) is 22.3 Å². The molecule has 0 fully saturated rings. The predicted octanol–water partition coefficient (Wildman–Crippen LogP) is 15.1. The molecular formula is C48H29NOS2. The molecular weight excluding hydrogens is 671 g/mol. The summed E-state index contributed by atoms with van der Waals surface area (Å²) in [5.41, 5.74) is 9.65. The molecule has 52 heavy (non-hydrogen) atoms. The number of benzene rings is 8. The van der Waals surface area contributed by atoms with Gasteiger partial charge in [0, 0.05) is 52.3 Å². The molecule has 0 saturated carbocycles. The number of hydrogen-bond acceptors (Lipinski definition) is 4. The molecule has 0 bridgehead atoms. The van der Waals surface area contributed by atoms with Gasteiger partial charge in [-0.15, -0.1) is 22.7 Å². The number of fused-ring (bicyclic) bond motifs is 9. The van der Waals surface area contributed by atoms with Crippen LogP contribution in [-0.4, -0.2) is 0 Å². The van der Waals surface area contributed by atoms with Gasteiger partial charge in [0.15, 0.2) is 0 Å². The number of furan rings is 1. The molecule has 0 aliphatic carbocycles. The molecule has 0 aliphatic rings. The van der Waals surface area contributed by atoms with Crippen LogP contribution in [-0.2, 0) is 0 Å². The van der Waals surface area contributed by atoms with Gasteiger partial charge in [0.1, 0.15) is 11.2 Å². The first kappa shape index (κ1) is 29.5. The van der Waals surface area contributed by atoms with E-state index < -0.39 is 0 Å². The average Bonchev–Trinajstić information content (AvgIpc) is 3.90. The van der Waals surface area contributed by atoms with Crippen molar-refractivity contribution in [3.05, 3.63) is 176 Å². The standard InChI is InChI=1S/C48H29NOS2/c1-3-12-30(13-4-1)32-22-24-39-42(28-32)50-47-34(31-14-5-2-6-15-31)26-27-40(46(39)47)49(33-23-25-37-35-16-7-9-20-43(35)51-45(37)29-33)41-19-11-18-38-36-17-8-10-21-44(36)52-48(38)41/h1-29H. The van der Waals surface area contributed by atoms with Gasteiger partial charge in [-0.2, -0.15) is 0 Å². The summed E-state index contributed by atoms with van der Waals surface area (Å²) in [6.07, 6.45) is 0. The van der Waals surface area contributed by atoms with Crippen LogP contribution in [0, 0.1) is 0 Å². The van der Waals surface area contributed by atoms with Crippen molar-refractivity contribution in [2.24, 2.45) is 0 Å². The Bertz CT molecular complexity index is 3130. The van der Waals surface area contributed by atoms with Gasteiger partial charge in [0.2, 0.25) is 0 Å². The summed E-state index contributed by atoms with van der Waals surface area (Å²) >= 11 is 3.72. The quantitative estimate of drug-likeness (QED) is 0.178. The first-order valence-electron chi connectivity index (χ1n) is 17.5. The van der Waals surface area contributed by atoms with Crippen molar-refractivity contribution < 1.29 is 4.42 Å². The van der Waals surface area contributed by atoms with Crippen molar-refractivity contribution in [2.45, 2.75) is 0 Å². The predicted molar refractivity (Wildman–Crippen MR) is 225 cm³/mol. The lowest BCUT2D eigenvalue weighted by Gasteiger charge is -2.27. The van der Waals surface area contributed by atoms with Crippen LogP contribution in [0.5, 0.6) is 0 Å². The fraction of sp³-hybridized carbons (Fsp3) is 0. The van der Waals surface area contributed by atoms with Gasteiger partial charge in [-0.25, -0.2) is 0 Å². The van der Waals surface area contributed by atoms with Crippen molar-refractivity contribution in [1.82, 2.24) is 0 Å². The largest absolute Gasteiger partial charge is 0.455 e. The second-order valence-electron chi connectivity index (χ2n) is 13.2. The molecule has 0 N–H and O–H groups in total. The second kappa shape index (κ2) is 11.7. The van der Waals surface area contributed by atoms with Gasteiger partial charge < -0.3 is 9.32 Å². The van der Waals surface area contributed by atoms with Crippen LogP contribution >= 0.6 is 22.7 Å². The Kier molecular flexibility index (Phi) is 6.63. The third-order valence-corrected chi connectivity index (χ3v) is 12.6. The lowest BCUT2D eigenvalue weighted by atomic mass is 9.98. The molecule has 8 aromatic carbocycles. The van der Waals surface area contributed by atoms with Crippen molar-refractivity contribution in [1.29, 1.82) is 0 Å². The topological polar surface area (TPSA) is 16.4 Å². The number of rotatable bonds is 5. The Hall–Kier alpha value is -6.20. The van der Waals surface area contributed by atoms with Gasteiger partial charge in [-0.05, 0) is 71.3 Å². The molecule has 11 rings (SSSR count). The number of thiophene rings is 2. The summed E-state index contributed by atoms with van der Waals surface area (Å²) in [4.78, 5) is 2.47. The van der Waals surface area contributed by atoms with E-state index in [2.05, 4.69) is 181 Å². The van der Waals surface area contributed by atoms with E-state index in [9.17, 15) is 0 Å². The summed E-state index contributed by atoms with van der Waals surface area (Å²) in [5.74, 6) is 0. The highest BCUT2D eigenvalue weighted by atomic mass is 32.1. The van der Waals surface area contributed by atoms with Crippen LogP contribution in [0.2, 0.25) is 0 Å². The number of hydrogen-bond donors (Lipinski definition) is 0. The molecule has 2 nitrogen and oxygen atoms in total. The first-order valence-corrected chi connectivity index (χ1v) is 19.1. The van der Waals surface area contributed by atoms with Gasteiger partial charge in [0.05, 0.1) is 21.5 Å². The van der Waals surface area contributed by atoms with Crippen LogP contribution in [0.25, 0.3) is 84.5 Å². The second-order valence-corrected chi connectivity index (χ2v) is 15.4. The Balaban J connectivity index is 1.24. The average molecular weight is 700 g/mol. The zero-order valence-electron chi connectivity index (χ0n) is 27.9. The smallest absolute Gasteiger partial charge is 0.145 e. The Morgan fingerprint density at radius 2 is 1.06 bits per heavy atom. The van der Waals surface area contributed by atoms with Gasteiger partial charge in [-0.3, -0.25) is 0 Å². The SMILES string of the molecule is c1ccc(-c2ccc3c(c2)oc2c(-c4ccccc4)ccc(N(c4ccc5c(c4)sc4ccccc45)c4cccc5c4sc4ccccc45)c23)cc1. The highest BCUT2D eigenvalue weighted by Gasteiger charge is 2.25. The number of nitrogens with zero attached hydrogens (tertiary/aromatic N) is 1. The zero-order chi connectivity index (χ0) is 34.2. The highest BCUT2D eigenvalue weighted by molar-refractivity contribution is 7.26. The Morgan fingerprint density at radius 1 is 0.404 bits per heavy atom. The zero-order valence-corrected chi connectivity index (χ0v) is 29.5. The molecule has 244 valence electrons. The Morgan fingerprint density at radius 3 is 1.87 bits per heavy atom. The third kappa shape index (κ3) is 4.55. The summed E-state index contributed by atoms with van der Waals surface area (Å²) in [5, 5.41) is 7.35. The molecule has 3 heterocycles. The lowest BCUT2D eigenvalue weighted by Crippen LogP contribution is -2.10. The first-order chi connectivity index (χ1) is 25.8. The van der Waals surface area contributed by atoms with E-state index in [4.69, 9.17) is 4.42 Å². The molecule has 11 aromatic rings. The number of anilines is 3. The normalized spacial score (nSPS) is 11.8. The molecule has 0 amide bonds. The highest BCUT2D eigenvalue weighted by Crippen LogP contribution is 2.50. The minimum absolute atomic E-state index is 0.876. The third-order valence-electron chi connectivity index (χ3n) is 10.3. The summed E-state index contributed by atoms with van der Waals surface area (Å²) in [6.45, 7) is 0. The van der Waals surface area contributed by atoms with Crippen molar-refractivity contribution in [2.75, 3.05) is 4.90 Å². The maximum absolute atomic E-state index is 6.99. The van der Waals surface area contributed by atoms with E-state index >= 15 is 0 Å². The maximum atomic E-state index is 6.99. The van der Waals surface area contributed by atoms with Gasteiger partial charge in [0.25, 0.3) is 0 Å². The van der Waals surface area contributed by atoms with Crippen LogP contribution in [0.4, 0.5) is 17.1 Å². The minimum atomic E-state index is 0.876. The van der Waals surface area contributed by atoms with E-state index in [0.29, 0.717) is 0 Å². The molecule has 0 spiro atoms. The minimum Gasteiger partial charge on any atom is -0.455 e. The molecule has 0 saturated heterocycles. The molecule has 0 aliphatic heterocycles. The lowest BCUT2D eigenvalue weighted by molar-refractivity contribution is 0.670. The molecule has 4 heteroatoms. The van der Waals surface area contributed by atoms with Gasteiger partial charge >= 0.3 is 0 Å². The summed E-state index contributed by atoms with van der Waals surface area (Å²) < 4.78 is 12.1. The summed E-state index contributed by atoms with van der Waals surface area (Å²) in [7, 11) is 0. The van der Waals surface area contributed by atoms with Crippen LogP contribution in [0.15, 0.2) is 180 Å². The van der Waals surface area contributed by atoms with E-state index in [1.54, 1.807) is 0 Å². The maximum Gasteiger partial charge on any atom is 0.145 e. The summed E-state index contributed by atoms with van der Waals surface area (Å²) in [6, 6.07) is 63.5. The van der Waals surface area contributed by atoms with E-state index in [1.807, 2.05) is 22.7 Å². The van der Waals surface area contributed by atoms with E-state index in [0.717, 1.165) is 55.7 Å². The van der Waals surface area contributed by atoms with E-state index in [1.165, 1.54) is 45.9 Å². The van der Waals surface area contributed by atoms with Crippen molar-refractivity contribution in [3.63, 3.8) is 0 Å². The molecule has 3 aromatic heterocycles. The van der Waals surface area contributed by atoms with Crippen LogP contribution < -0.4 is 4.90 Å². The Labute approximate surface area is 308 Å². The molecule has 0 radical (unpaired) electrons. The fourth-order valence-electron chi connectivity index (χ4n) is 7.87. The van der Waals surface area contributed by atoms with Crippen LogP contribution in [0.1, 0.15) is 0 Å². The van der Waals surface area contributed by atoms with E-state index in [-0.39, 0.29) is 0 Å². The van der Waals surface area contributed by atoms with Crippen molar-refractivity contribution >= 4 is 102 Å². The van der Waals surface area contributed by atoms with Crippen LogP contribution in [0.3, 0.4) is 0 Å². The van der Waals surface area contributed by atoms with Gasteiger partial charge in [-0.1, -0.05) is 121 Å². The molecule has 0 atom stereocenters. The fourth-order valence-corrected chi connectivity index (χ4v) is 10.2.